The molecule has 2 aromatic rings. The number of ether oxygens (including phenoxy) is 3. The summed E-state index contributed by atoms with van der Waals surface area (Å²) in [4.78, 5) is 14.3. The van der Waals surface area contributed by atoms with Crippen molar-refractivity contribution < 1.29 is 27.4 Å². The van der Waals surface area contributed by atoms with Gasteiger partial charge < -0.3 is 19.1 Å². The molecule has 1 fully saturated rings. The third kappa shape index (κ3) is 4.67. The van der Waals surface area contributed by atoms with Crippen molar-refractivity contribution in [2.45, 2.75) is 4.90 Å². The second-order valence-corrected chi connectivity index (χ2v) is 9.08. The molecule has 2 heterocycles. The van der Waals surface area contributed by atoms with E-state index in [1.807, 2.05) is 24.3 Å². The number of rotatable bonds is 5. The highest BCUT2D eigenvalue weighted by molar-refractivity contribution is 7.89. The second-order valence-electron chi connectivity index (χ2n) is 7.14. The number of fused-ring (bicyclic) bond motifs is 1. The number of amides is 1. The molecule has 1 amide bonds. The minimum Gasteiger partial charge on any atom is -0.497 e. The fraction of sp³-hybridized carbons (Fsp3) is 0.318. The second kappa shape index (κ2) is 8.99. The molecule has 0 bridgehead atoms. The predicted octanol–water partition coefficient (Wildman–Crippen LogP) is 2.01. The van der Waals surface area contributed by atoms with Crippen molar-refractivity contribution in [1.29, 1.82) is 0 Å². The first kappa shape index (κ1) is 21.2. The molecule has 0 N–H and O–H groups in total. The highest BCUT2D eigenvalue weighted by Crippen LogP contribution is 2.33. The molecule has 31 heavy (non-hydrogen) atoms. The van der Waals surface area contributed by atoms with Crippen LogP contribution in [0.1, 0.15) is 5.56 Å². The zero-order valence-electron chi connectivity index (χ0n) is 17.2. The van der Waals surface area contributed by atoms with Crippen molar-refractivity contribution in [3.8, 4) is 17.2 Å². The largest absolute Gasteiger partial charge is 0.497 e. The molecular weight excluding hydrogens is 420 g/mol. The lowest BCUT2D eigenvalue weighted by Crippen LogP contribution is -2.50. The molecule has 0 atom stereocenters. The number of piperazine rings is 1. The molecule has 9 heteroatoms. The maximum atomic E-state index is 13.0. The van der Waals surface area contributed by atoms with Crippen molar-refractivity contribution >= 4 is 22.0 Å². The molecule has 4 rings (SSSR count). The van der Waals surface area contributed by atoms with E-state index in [0.29, 0.717) is 37.8 Å². The van der Waals surface area contributed by atoms with E-state index in [2.05, 4.69) is 0 Å². The maximum Gasteiger partial charge on any atom is 0.246 e. The van der Waals surface area contributed by atoms with Gasteiger partial charge in [0.1, 0.15) is 19.0 Å². The van der Waals surface area contributed by atoms with Crippen molar-refractivity contribution in [3.63, 3.8) is 0 Å². The van der Waals surface area contributed by atoms with Gasteiger partial charge in [0.15, 0.2) is 11.5 Å². The summed E-state index contributed by atoms with van der Waals surface area (Å²) in [6.07, 6.45) is 3.24. The van der Waals surface area contributed by atoms with Gasteiger partial charge in [0, 0.05) is 38.3 Å². The summed E-state index contributed by atoms with van der Waals surface area (Å²) in [5.41, 5.74) is 0.883. The summed E-state index contributed by atoms with van der Waals surface area (Å²) in [6, 6.07) is 12.0. The van der Waals surface area contributed by atoms with Crippen LogP contribution in [0.15, 0.2) is 53.4 Å². The predicted molar refractivity (Wildman–Crippen MR) is 115 cm³/mol. The van der Waals surface area contributed by atoms with Gasteiger partial charge in [0.2, 0.25) is 15.9 Å². The number of sulfonamides is 1. The van der Waals surface area contributed by atoms with Crippen LogP contribution in [0, 0.1) is 0 Å². The lowest BCUT2D eigenvalue weighted by atomic mass is 10.2. The Bertz CT molecular complexity index is 1070. The Balaban J connectivity index is 1.37. The quantitative estimate of drug-likeness (QED) is 0.656. The first-order valence-electron chi connectivity index (χ1n) is 9.98. The zero-order chi connectivity index (χ0) is 21.8. The number of hydrogen-bond donors (Lipinski definition) is 0. The summed E-state index contributed by atoms with van der Waals surface area (Å²) in [5.74, 6) is 1.58. The Labute approximate surface area is 181 Å². The van der Waals surface area contributed by atoms with Crippen LogP contribution in [0.3, 0.4) is 0 Å². The molecule has 0 aliphatic carbocycles. The van der Waals surface area contributed by atoms with Crippen LogP contribution >= 0.6 is 0 Å². The van der Waals surface area contributed by atoms with E-state index >= 15 is 0 Å². The number of nitrogens with zero attached hydrogens (tertiary/aromatic N) is 2. The van der Waals surface area contributed by atoms with E-state index in [1.165, 1.54) is 22.5 Å². The fourth-order valence-electron chi connectivity index (χ4n) is 3.47. The molecule has 0 spiro atoms. The van der Waals surface area contributed by atoms with Crippen LogP contribution in [-0.2, 0) is 14.8 Å². The van der Waals surface area contributed by atoms with Crippen LogP contribution in [0.5, 0.6) is 17.2 Å². The van der Waals surface area contributed by atoms with Gasteiger partial charge in [-0.05, 0) is 35.9 Å². The highest BCUT2D eigenvalue weighted by atomic mass is 32.2. The number of carbonyl (C=O) groups is 1. The number of carbonyl (C=O) groups excluding carboxylic acids is 1. The molecule has 2 aliphatic rings. The Hall–Kier alpha value is -3.04. The molecule has 2 aromatic carbocycles. The van der Waals surface area contributed by atoms with Gasteiger partial charge in [-0.1, -0.05) is 12.1 Å². The molecule has 1 saturated heterocycles. The van der Waals surface area contributed by atoms with Crippen molar-refractivity contribution in [2.24, 2.45) is 0 Å². The Kier molecular flexibility index (Phi) is 6.15. The van der Waals surface area contributed by atoms with Gasteiger partial charge >= 0.3 is 0 Å². The molecule has 0 aromatic heterocycles. The minimum atomic E-state index is -3.68. The molecule has 0 radical (unpaired) electrons. The van der Waals surface area contributed by atoms with E-state index in [1.54, 1.807) is 24.2 Å². The molecule has 164 valence electrons. The lowest BCUT2D eigenvalue weighted by Gasteiger charge is -2.33. The van der Waals surface area contributed by atoms with Crippen molar-refractivity contribution in [2.75, 3.05) is 46.5 Å². The van der Waals surface area contributed by atoms with Gasteiger partial charge in [-0.3, -0.25) is 4.79 Å². The highest BCUT2D eigenvalue weighted by Gasteiger charge is 2.30. The lowest BCUT2D eigenvalue weighted by molar-refractivity contribution is -0.127. The van der Waals surface area contributed by atoms with Crippen LogP contribution < -0.4 is 14.2 Å². The van der Waals surface area contributed by atoms with Gasteiger partial charge in [-0.2, -0.15) is 4.31 Å². The van der Waals surface area contributed by atoms with Gasteiger partial charge in [0.25, 0.3) is 0 Å². The van der Waals surface area contributed by atoms with E-state index in [9.17, 15) is 13.2 Å². The van der Waals surface area contributed by atoms with Gasteiger partial charge in [0.05, 0.1) is 12.0 Å². The molecule has 0 unspecified atom stereocenters. The van der Waals surface area contributed by atoms with E-state index in [-0.39, 0.29) is 23.9 Å². The van der Waals surface area contributed by atoms with E-state index in [4.69, 9.17) is 14.2 Å². The zero-order valence-corrected chi connectivity index (χ0v) is 18.0. The first-order chi connectivity index (χ1) is 15.0. The standard InChI is InChI=1S/C22H24N2O6S/c1-28-18-5-2-17(3-6-18)4-9-22(25)23-10-12-24(13-11-23)31(26,27)19-7-8-20-21(16-19)30-15-14-29-20/h2-9,16H,10-15H2,1H3. The first-order valence-corrected chi connectivity index (χ1v) is 11.4. The Morgan fingerprint density at radius 3 is 2.32 bits per heavy atom. The average Bonchev–Trinajstić information content (AvgIpc) is 2.82. The average molecular weight is 445 g/mol. The van der Waals surface area contributed by atoms with Gasteiger partial charge in [-0.25, -0.2) is 8.42 Å². The van der Waals surface area contributed by atoms with Gasteiger partial charge in [-0.15, -0.1) is 0 Å². The number of methoxy groups -OCH3 is 1. The monoisotopic (exact) mass is 444 g/mol. The van der Waals surface area contributed by atoms with Crippen LogP contribution in [0.25, 0.3) is 6.08 Å². The molecule has 0 saturated carbocycles. The Morgan fingerprint density at radius 2 is 1.65 bits per heavy atom. The summed E-state index contributed by atoms with van der Waals surface area (Å²) < 4.78 is 43.5. The smallest absolute Gasteiger partial charge is 0.246 e. The maximum absolute atomic E-state index is 13.0. The fourth-order valence-corrected chi connectivity index (χ4v) is 4.91. The third-order valence-electron chi connectivity index (χ3n) is 5.24. The number of hydrogen-bond acceptors (Lipinski definition) is 6. The van der Waals surface area contributed by atoms with Crippen molar-refractivity contribution in [1.82, 2.24) is 9.21 Å². The van der Waals surface area contributed by atoms with Crippen LogP contribution in [0.2, 0.25) is 0 Å². The summed E-state index contributed by atoms with van der Waals surface area (Å²) in [7, 11) is -2.08. The topological polar surface area (TPSA) is 85.4 Å². The number of benzene rings is 2. The van der Waals surface area contributed by atoms with E-state index in [0.717, 1.165) is 11.3 Å². The summed E-state index contributed by atoms with van der Waals surface area (Å²) >= 11 is 0. The summed E-state index contributed by atoms with van der Waals surface area (Å²) in [6.45, 7) is 1.96. The van der Waals surface area contributed by atoms with Crippen molar-refractivity contribution in [3.05, 3.63) is 54.1 Å². The van der Waals surface area contributed by atoms with Crippen LogP contribution in [-0.4, -0.2) is 70.0 Å². The minimum absolute atomic E-state index is 0.146. The van der Waals surface area contributed by atoms with E-state index < -0.39 is 10.0 Å². The normalized spacial score (nSPS) is 17.0. The molecule has 8 nitrogen and oxygen atoms in total. The molecule has 2 aliphatic heterocycles. The molecular formula is C22H24N2O6S. The summed E-state index contributed by atoms with van der Waals surface area (Å²) in [5, 5.41) is 0. The SMILES string of the molecule is COc1ccc(C=CC(=O)N2CCN(S(=O)(=O)c3ccc4c(c3)OCCO4)CC2)cc1. The Morgan fingerprint density at radius 1 is 0.968 bits per heavy atom. The third-order valence-corrected chi connectivity index (χ3v) is 7.13. The van der Waals surface area contributed by atoms with Crippen LogP contribution in [0.4, 0.5) is 0 Å².